The molecule has 0 heterocycles. The first kappa shape index (κ1) is 13.6. The molecule has 1 saturated carbocycles. The fourth-order valence-corrected chi connectivity index (χ4v) is 2.63. The topological polar surface area (TPSA) is 26.0 Å². The number of nitrogens with two attached hydrogens (primary N) is 1. The molecule has 0 aromatic heterocycles. The van der Waals surface area contributed by atoms with Crippen LogP contribution in [0.5, 0.6) is 0 Å². The second-order valence-corrected chi connectivity index (χ2v) is 6.48. The average Bonchev–Trinajstić information content (AvgIpc) is 3.11. The molecule has 0 aliphatic heterocycles. The minimum atomic E-state index is 0.233. The first-order valence-corrected chi connectivity index (χ1v) is 7.38. The molecule has 0 radical (unpaired) electrons. The van der Waals surface area contributed by atoms with Gasteiger partial charge in [-0.05, 0) is 40.9 Å². The van der Waals surface area contributed by atoms with Crippen LogP contribution in [-0.4, -0.2) is 0 Å². The monoisotopic (exact) mass is 245 g/mol. The lowest BCUT2D eigenvalue weighted by Crippen LogP contribution is -2.14. The molecule has 0 saturated heterocycles. The van der Waals surface area contributed by atoms with Crippen molar-refractivity contribution in [3.63, 3.8) is 0 Å². The second kappa shape index (κ2) is 5.44. The Morgan fingerprint density at radius 3 is 2.22 bits per heavy atom. The number of benzene rings is 1. The number of rotatable bonds is 5. The zero-order valence-electron chi connectivity index (χ0n) is 12.2. The van der Waals surface area contributed by atoms with Gasteiger partial charge in [0.1, 0.15) is 0 Å². The van der Waals surface area contributed by atoms with Crippen LogP contribution < -0.4 is 5.73 Å². The maximum atomic E-state index is 6.40. The molecule has 1 aromatic rings. The van der Waals surface area contributed by atoms with Gasteiger partial charge in [-0.2, -0.15) is 0 Å². The molecule has 1 atom stereocenters. The van der Waals surface area contributed by atoms with Crippen molar-refractivity contribution in [1.82, 2.24) is 0 Å². The van der Waals surface area contributed by atoms with Gasteiger partial charge in [0.05, 0.1) is 0 Å². The van der Waals surface area contributed by atoms with Crippen LogP contribution in [0.1, 0.15) is 81.5 Å². The van der Waals surface area contributed by atoms with Crippen molar-refractivity contribution in [2.45, 2.75) is 64.8 Å². The Kier molecular flexibility index (Phi) is 4.11. The molecule has 2 N–H and O–H groups in total. The summed E-state index contributed by atoms with van der Waals surface area (Å²) < 4.78 is 0. The van der Waals surface area contributed by atoms with Gasteiger partial charge in [0, 0.05) is 6.04 Å². The molecule has 0 amide bonds. The Morgan fingerprint density at radius 2 is 1.72 bits per heavy atom. The van der Waals surface area contributed by atoms with E-state index in [0.717, 1.165) is 5.92 Å². The van der Waals surface area contributed by atoms with Gasteiger partial charge in [0.15, 0.2) is 0 Å². The van der Waals surface area contributed by atoms with Gasteiger partial charge in [-0.1, -0.05) is 58.7 Å². The zero-order chi connectivity index (χ0) is 13.3. The van der Waals surface area contributed by atoms with Gasteiger partial charge in [-0.25, -0.2) is 0 Å². The summed E-state index contributed by atoms with van der Waals surface area (Å²) in [6, 6.07) is 7.14. The van der Waals surface area contributed by atoms with Crippen molar-refractivity contribution in [2.75, 3.05) is 0 Å². The third kappa shape index (κ3) is 3.14. The molecule has 1 aromatic carbocycles. The molecule has 100 valence electrons. The molecular weight excluding hydrogens is 218 g/mol. The minimum Gasteiger partial charge on any atom is -0.324 e. The van der Waals surface area contributed by atoms with Crippen LogP contribution in [0, 0.1) is 5.92 Å². The highest BCUT2D eigenvalue weighted by Gasteiger charge is 2.25. The predicted molar refractivity (Wildman–Crippen MR) is 78.9 cm³/mol. The number of hydrogen-bond acceptors (Lipinski definition) is 1. The molecule has 1 heteroatoms. The van der Waals surface area contributed by atoms with Gasteiger partial charge in [0.2, 0.25) is 0 Å². The molecule has 1 aliphatic rings. The van der Waals surface area contributed by atoms with Gasteiger partial charge < -0.3 is 5.73 Å². The molecule has 1 aliphatic carbocycles. The van der Waals surface area contributed by atoms with Crippen molar-refractivity contribution in [3.8, 4) is 0 Å². The highest BCUT2D eigenvalue weighted by molar-refractivity contribution is 5.37. The van der Waals surface area contributed by atoms with Crippen molar-refractivity contribution in [3.05, 3.63) is 34.9 Å². The maximum absolute atomic E-state index is 6.40. The smallest absolute Gasteiger partial charge is 0.0300 e. The Morgan fingerprint density at radius 1 is 1.06 bits per heavy atom. The molecule has 2 rings (SSSR count). The zero-order valence-corrected chi connectivity index (χ0v) is 12.2. The van der Waals surface area contributed by atoms with Gasteiger partial charge in [-0.15, -0.1) is 0 Å². The molecule has 1 fully saturated rings. The van der Waals surface area contributed by atoms with E-state index in [1.165, 1.54) is 36.0 Å². The number of hydrogen-bond donors (Lipinski definition) is 1. The summed E-state index contributed by atoms with van der Waals surface area (Å²) in [4.78, 5) is 0. The van der Waals surface area contributed by atoms with Crippen LogP contribution in [0.2, 0.25) is 0 Å². The summed E-state index contributed by atoms with van der Waals surface area (Å²) >= 11 is 0. The van der Waals surface area contributed by atoms with E-state index >= 15 is 0 Å². The molecule has 18 heavy (non-hydrogen) atoms. The fourth-order valence-electron chi connectivity index (χ4n) is 2.63. The second-order valence-electron chi connectivity index (χ2n) is 6.48. The third-order valence-corrected chi connectivity index (χ3v) is 4.08. The summed E-state index contributed by atoms with van der Waals surface area (Å²) in [7, 11) is 0. The van der Waals surface area contributed by atoms with E-state index in [1.807, 2.05) is 0 Å². The molecule has 0 spiro atoms. The quantitative estimate of drug-likeness (QED) is 0.797. The predicted octanol–water partition coefficient (Wildman–Crippen LogP) is 4.73. The van der Waals surface area contributed by atoms with Gasteiger partial charge in [-0.3, -0.25) is 0 Å². The third-order valence-electron chi connectivity index (χ3n) is 4.08. The van der Waals surface area contributed by atoms with Crippen LogP contribution in [0.25, 0.3) is 0 Å². The van der Waals surface area contributed by atoms with Crippen LogP contribution in [0.15, 0.2) is 18.2 Å². The summed E-state index contributed by atoms with van der Waals surface area (Å²) in [5.74, 6) is 2.05. The first-order chi connectivity index (χ1) is 8.49. The summed E-state index contributed by atoms with van der Waals surface area (Å²) in [5, 5.41) is 0. The van der Waals surface area contributed by atoms with E-state index in [9.17, 15) is 0 Å². The molecule has 0 bridgehead atoms. The van der Waals surface area contributed by atoms with Crippen LogP contribution >= 0.6 is 0 Å². The van der Waals surface area contributed by atoms with Gasteiger partial charge in [0.25, 0.3) is 0 Å². The van der Waals surface area contributed by atoms with Gasteiger partial charge >= 0.3 is 0 Å². The maximum Gasteiger partial charge on any atom is 0.0300 e. The molecule has 1 unspecified atom stereocenters. The van der Waals surface area contributed by atoms with E-state index in [1.54, 1.807) is 0 Å². The van der Waals surface area contributed by atoms with Crippen LogP contribution in [-0.2, 0) is 0 Å². The highest BCUT2D eigenvalue weighted by Crippen LogP contribution is 2.38. The van der Waals surface area contributed by atoms with Crippen LogP contribution in [0.3, 0.4) is 0 Å². The fraction of sp³-hybridized carbons (Fsp3) is 0.647. The highest BCUT2D eigenvalue weighted by atomic mass is 14.6. The first-order valence-electron chi connectivity index (χ1n) is 7.38. The lowest BCUT2D eigenvalue weighted by Gasteiger charge is -2.21. The standard InChI is InChI=1S/C17H27N/c1-11(2)14-7-8-15(16(10-14)12(3)4)17(18)9-13-5-6-13/h7-8,10-13,17H,5-6,9,18H2,1-4H3. The van der Waals surface area contributed by atoms with E-state index in [4.69, 9.17) is 5.73 Å². The normalized spacial score (nSPS) is 17.5. The summed E-state index contributed by atoms with van der Waals surface area (Å²) in [6.45, 7) is 9.05. The van der Waals surface area contributed by atoms with E-state index in [0.29, 0.717) is 11.8 Å². The molecular formula is C17H27N. The Balaban J connectivity index is 2.26. The summed E-state index contributed by atoms with van der Waals surface area (Å²) in [5.41, 5.74) is 10.7. The lowest BCUT2D eigenvalue weighted by atomic mass is 9.87. The van der Waals surface area contributed by atoms with E-state index < -0.39 is 0 Å². The van der Waals surface area contributed by atoms with Crippen molar-refractivity contribution >= 4 is 0 Å². The van der Waals surface area contributed by atoms with Crippen molar-refractivity contribution < 1.29 is 0 Å². The largest absolute Gasteiger partial charge is 0.324 e. The SMILES string of the molecule is CC(C)c1ccc(C(N)CC2CC2)c(C(C)C)c1. The average molecular weight is 245 g/mol. The molecule has 1 nitrogen and oxygen atoms in total. The van der Waals surface area contributed by atoms with Crippen molar-refractivity contribution in [1.29, 1.82) is 0 Å². The lowest BCUT2D eigenvalue weighted by molar-refractivity contribution is 0.588. The van der Waals surface area contributed by atoms with E-state index in [-0.39, 0.29) is 6.04 Å². The van der Waals surface area contributed by atoms with Crippen molar-refractivity contribution in [2.24, 2.45) is 11.7 Å². The Bertz CT molecular complexity index is 402. The Labute approximate surface area is 112 Å². The van der Waals surface area contributed by atoms with Crippen LogP contribution in [0.4, 0.5) is 0 Å². The minimum absolute atomic E-state index is 0.233. The summed E-state index contributed by atoms with van der Waals surface area (Å²) in [6.07, 6.45) is 3.93. The van der Waals surface area contributed by atoms with E-state index in [2.05, 4.69) is 45.9 Å². The Hall–Kier alpha value is -0.820.